The second kappa shape index (κ2) is 11.4. The monoisotopic (exact) mass is 509 g/mol. The van der Waals surface area contributed by atoms with Crippen molar-refractivity contribution in [3.05, 3.63) is 66.2 Å². The zero-order valence-electron chi connectivity index (χ0n) is 20.2. The van der Waals surface area contributed by atoms with Crippen LogP contribution in [0.15, 0.2) is 65.6 Å². The highest BCUT2D eigenvalue weighted by Gasteiger charge is 2.21. The van der Waals surface area contributed by atoms with Gasteiger partial charge >= 0.3 is 12.1 Å². The molecule has 0 saturated heterocycles. The van der Waals surface area contributed by atoms with Gasteiger partial charge in [-0.3, -0.25) is 4.90 Å². The molecule has 1 saturated carbocycles. The van der Waals surface area contributed by atoms with Crippen molar-refractivity contribution in [3.63, 3.8) is 0 Å². The Morgan fingerprint density at radius 3 is 2.44 bits per heavy atom. The highest BCUT2D eigenvalue weighted by molar-refractivity contribution is 7.90. The predicted octanol–water partition coefficient (Wildman–Crippen LogP) is 3.94. The minimum absolute atomic E-state index is 0.0104. The number of para-hydroxylation sites is 1. The molecule has 1 fully saturated rings. The fourth-order valence-corrected chi connectivity index (χ4v) is 5.17. The van der Waals surface area contributed by atoms with Gasteiger partial charge in [-0.15, -0.1) is 0 Å². The number of amides is 4. The van der Waals surface area contributed by atoms with Crippen LogP contribution in [0.5, 0.6) is 0 Å². The maximum Gasteiger partial charge on any atom is 0.328 e. The van der Waals surface area contributed by atoms with Crippen LogP contribution in [0.25, 0.3) is 10.9 Å². The number of carbonyl (C=O) groups is 2. The Kier molecular flexibility index (Phi) is 8.04. The normalized spacial score (nSPS) is 14.2. The van der Waals surface area contributed by atoms with Crippen molar-refractivity contribution < 1.29 is 18.0 Å². The van der Waals surface area contributed by atoms with Crippen molar-refractivity contribution in [2.75, 3.05) is 18.5 Å². The Labute approximate surface area is 211 Å². The lowest BCUT2D eigenvalue weighted by Crippen LogP contribution is -2.45. The molecule has 2 aromatic carbocycles. The summed E-state index contributed by atoms with van der Waals surface area (Å²) in [5.74, 6) is 0.542. The fourth-order valence-electron chi connectivity index (χ4n) is 4.26. The van der Waals surface area contributed by atoms with E-state index >= 15 is 0 Å². The van der Waals surface area contributed by atoms with Crippen molar-refractivity contribution >= 4 is 38.8 Å². The summed E-state index contributed by atoms with van der Waals surface area (Å²) in [7, 11) is -2.31. The fraction of sp³-hybridized carbons (Fsp3) is 0.346. The average molecular weight is 510 g/mol. The van der Waals surface area contributed by atoms with Crippen LogP contribution in [0.4, 0.5) is 15.4 Å². The molecule has 3 aromatic rings. The summed E-state index contributed by atoms with van der Waals surface area (Å²) >= 11 is 0. The van der Waals surface area contributed by atoms with Crippen LogP contribution in [0.1, 0.15) is 37.7 Å². The SMILES string of the molecule is CN(C(=O)NCCc1ccc(S(=O)(=O)NC(=O)NC2CCCCC2)cc1)c1ccc2ccccc2n1. The number of hydrogen-bond donors (Lipinski definition) is 3. The molecule has 1 heterocycles. The van der Waals surface area contributed by atoms with Gasteiger partial charge in [-0.2, -0.15) is 0 Å². The highest BCUT2D eigenvalue weighted by atomic mass is 32.2. The van der Waals surface area contributed by atoms with Gasteiger partial charge < -0.3 is 10.6 Å². The predicted molar refractivity (Wildman–Crippen MR) is 139 cm³/mol. The largest absolute Gasteiger partial charge is 0.337 e. The molecule has 1 aromatic heterocycles. The minimum Gasteiger partial charge on any atom is -0.337 e. The second-order valence-corrected chi connectivity index (χ2v) is 10.6. The zero-order valence-corrected chi connectivity index (χ0v) is 21.1. The molecule has 0 atom stereocenters. The third-order valence-electron chi connectivity index (χ3n) is 6.32. The van der Waals surface area contributed by atoms with Crippen LogP contribution >= 0.6 is 0 Å². The summed E-state index contributed by atoms with van der Waals surface area (Å²) < 4.78 is 27.2. The van der Waals surface area contributed by atoms with E-state index in [1.54, 1.807) is 25.2 Å². The van der Waals surface area contributed by atoms with Crippen molar-refractivity contribution in [1.29, 1.82) is 0 Å². The van der Waals surface area contributed by atoms with Crippen molar-refractivity contribution in [1.82, 2.24) is 20.3 Å². The molecule has 0 radical (unpaired) electrons. The molecule has 0 aliphatic heterocycles. The summed E-state index contributed by atoms with van der Waals surface area (Å²) in [5, 5.41) is 6.60. The Morgan fingerprint density at radius 1 is 0.972 bits per heavy atom. The lowest BCUT2D eigenvalue weighted by Gasteiger charge is -2.22. The first-order valence-corrected chi connectivity index (χ1v) is 13.6. The molecule has 0 bridgehead atoms. The molecule has 1 aliphatic carbocycles. The number of urea groups is 2. The Bertz CT molecular complexity index is 1320. The number of aromatic nitrogens is 1. The summed E-state index contributed by atoms with van der Waals surface area (Å²) in [6.45, 7) is 0.366. The van der Waals surface area contributed by atoms with Gasteiger partial charge in [0.2, 0.25) is 0 Å². The molecule has 0 spiro atoms. The van der Waals surface area contributed by atoms with E-state index in [1.807, 2.05) is 30.3 Å². The Morgan fingerprint density at radius 2 is 1.69 bits per heavy atom. The first kappa shape index (κ1) is 25.4. The van der Waals surface area contributed by atoms with Gasteiger partial charge in [-0.05, 0) is 55.2 Å². The number of benzene rings is 2. The zero-order chi connectivity index (χ0) is 25.5. The second-order valence-electron chi connectivity index (χ2n) is 8.96. The maximum atomic E-state index is 12.6. The third-order valence-corrected chi connectivity index (χ3v) is 7.67. The molecule has 9 nitrogen and oxygen atoms in total. The average Bonchev–Trinajstić information content (AvgIpc) is 2.88. The van der Waals surface area contributed by atoms with Crippen LogP contribution < -0.4 is 20.3 Å². The first-order valence-electron chi connectivity index (χ1n) is 12.1. The van der Waals surface area contributed by atoms with Gasteiger partial charge in [0.05, 0.1) is 10.4 Å². The molecule has 4 amide bonds. The maximum absolute atomic E-state index is 12.6. The van der Waals surface area contributed by atoms with E-state index in [0.29, 0.717) is 18.8 Å². The molecule has 4 rings (SSSR count). The van der Waals surface area contributed by atoms with E-state index in [9.17, 15) is 18.0 Å². The topological polar surface area (TPSA) is 121 Å². The van der Waals surface area contributed by atoms with Crippen molar-refractivity contribution in [3.8, 4) is 0 Å². The van der Waals surface area contributed by atoms with E-state index in [-0.39, 0.29) is 17.0 Å². The van der Waals surface area contributed by atoms with Crippen molar-refractivity contribution in [2.24, 2.45) is 0 Å². The van der Waals surface area contributed by atoms with Crippen LogP contribution in [0.2, 0.25) is 0 Å². The Balaban J connectivity index is 1.26. The number of nitrogens with zero attached hydrogens (tertiary/aromatic N) is 2. The minimum atomic E-state index is -3.96. The molecule has 0 unspecified atom stereocenters. The smallest absolute Gasteiger partial charge is 0.328 e. The number of pyridine rings is 1. The summed E-state index contributed by atoms with van der Waals surface area (Å²) in [6.07, 6.45) is 5.47. The number of carbonyl (C=O) groups excluding carboxylic acids is 2. The number of fused-ring (bicyclic) bond motifs is 1. The molecular formula is C26H31N5O4S. The van der Waals surface area contributed by atoms with Crippen LogP contribution in [0.3, 0.4) is 0 Å². The van der Waals surface area contributed by atoms with Gasteiger partial charge in [0, 0.05) is 25.0 Å². The lowest BCUT2D eigenvalue weighted by molar-refractivity contribution is 0.237. The molecule has 10 heteroatoms. The number of anilines is 1. The van der Waals surface area contributed by atoms with Gasteiger partial charge in [0.15, 0.2) is 0 Å². The van der Waals surface area contributed by atoms with E-state index in [1.165, 1.54) is 17.0 Å². The Hall–Kier alpha value is -3.66. The van der Waals surface area contributed by atoms with E-state index in [4.69, 9.17) is 0 Å². The van der Waals surface area contributed by atoms with Crippen LogP contribution in [-0.4, -0.2) is 45.1 Å². The van der Waals surface area contributed by atoms with E-state index in [2.05, 4.69) is 20.3 Å². The summed E-state index contributed by atoms with van der Waals surface area (Å²) in [5.41, 5.74) is 1.66. The molecule has 1 aliphatic rings. The van der Waals surface area contributed by atoms with E-state index in [0.717, 1.165) is 48.6 Å². The van der Waals surface area contributed by atoms with Crippen LogP contribution in [0, 0.1) is 0 Å². The van der Waals surface area contributed by atoms with Gasteiger partial charge in [-0.25, -0.2) is 27.7 Å². The highest BCUT2D eigenvalue weighted by Crippen LogP contribution is 2.18. The molecule has 3 N–H and O–H groups in total. The van der Waals surface area contributed by atoms with Gasteiger partial charge in [-0.1, -0.05) is 49.6 Å². The number of sulfonamides is 1. The lowest BCUT2D eigenvalue weighted by atomic mass is 9.96. The standard InChI is InChI=1S/C26H31N5O4S/c1-31(24-16-13-20-7-5-6-10-23(20)29-24)26(33)27-18-17-19-11-14-22(15-12-19)36(34,35)30-25(32)28-21-8-3-2-4-9-21/h5-7,10-16,21H,2-4,8-9,17-18H2,1H3,(H,27,33)(H2,28,30,32). The number of nitrogens with one attached hydrogen (secondary N) is 3. The number of rotatable bonds is 7. The first-order chi connectivity index (χ1) is 17.3. The van der Waals surface area contributed by atoms with Crippen LogP contribution in [-0.2, 0) is 16.4 Å². The number of hydrogen-bond acceptors (Lipinski definition) is 5. The quantitative estimate of drug-likeness (QED) is 0.446. The van der Waals surface area contributed by atoms with Gasteiger partial charge in [0.25, 0.3) is 10.0 Å². The molecule has 190 valence electrons. The summed E-state index contributed by atoms with van der Waals surface area (Å²) in [4.78, 5) is 30.7. The van der Waals surface area contributed by atoms with E-state index < -0.39 is 16.1 Å². The molecular weight excluding hydrogens is 478 g/mol. The summed E-state index contributed by atoms with van der Waals surface area (Å²) in [6, 6.07) is 16.7. The third kappa shape index (κ3) is 6.51. The molecule has 36 heavy (non-hydrogen) atoms. The van der Waals surface area contributed by atoms with Gasteiger partial charge in [0.1, 0.15) is 5.82 Å². The van der Waals surface area contributed by atoms with Crippen molar-refractivity contribution in [2.45, 2.75) is 49.5 Å².